The van der Waals surface area contributed by atoms with Gasteiger partial charge in [-0.15, -0.1) is 0 Å². The van der Waals surface area contributed by atoms with E-state index in [-0.39, 0.29) is 23.7 Å². The van der Waals surface area contributed by atoms with Crippen molar-refractivity contribution in [2.45, 2.75) is 12.3 Å². The molecule has 1 amide bonds. The fraction of sp³-hybridized carbons (Fsp3) is 0.316. The van der Waals surface area contributed by atoms with Gasteiger partial charge in [0.05, 0.1) is 18.6 Å². The van der Waals surface area contributed by atoms with E-state index in [1.807, 2.05) is 30.3 Å². The lowest BCUT2D eigenvalue weighted by Gasteiger charge is -2.37. The number of benzene rings is 1. The lowest BCUT2D eigenvalue weighted by atomic mass is 9.84. The number of carbonyl (C=O) groups is 2. The number of amides is 1. The van der Waals surface area contributed by atoms with Gasteiger partial charge < -0.3 is 14.6 Å². The molecule has 5 nitrogen and oxygen atoms in total. The van der Waals surface area contributed by atoms with E-state index >= 15 is 0 Å². The zero-order valence-corrected chi connectivity index (χ0v) is 14.8. The summed E-state index contributed by atoms with van der Waals surface area (Å²) in [5.41, 5.74) is 1.57. The van der Waals surface area contributed by atoms with Gasteiger partial charge >= 0.3 is 5.97 Å². The minimum absolute atomic E-state index is 0.0873. The van der Waals surface area contributed by atoms with Crippen molar-refractivity contribution in [3.05, 3.63) is 64.4 Å². The van der Waals surface area contributed by atoms with Gasteiger partial charge in [-0.2, -0.15) is 0 Å². The van der Waals surface area contributed by atoms with E-state index in [0.29, 0.717) is 29.7 Å². The monoisotopic (exact) mass is 356 g/mol. The van der Waals surface area contributed by atoms with E-state index in [1.165, 1.54) is 7.11 Å². The van der Waals surface area contributed by atoms with Crippen LogP contribution < -0.4 is 0 Å². The average molecular weight is 356 g/mol. The molecule has 2 aromatic rings. The van der Waals surface area contributed by atoms with Gasteiger partial charge in [0.1, 0.15) is 4.64 Å². The number of esters is 1. The zero-order chi connectivity index (χ0) is 17.8. The quantitative estimate of drug-likeness (QED) is 0.678. The van der Waals surface area contributed by atoms with Gasteiger partial charge in [0.2, 0.25) is 0 Å². The van der Waals surface area contributed by atoms with Crippen LogP contribution >= 0.6 is 12.2 Å². The number of hydrogen-bond acceptors (Lipinski definition) is 4. The molecule has 1 fully saturated rings. The maximum atomic E-state index is 12.9. The summed E-state index contributed by atoms with van der Waals surface area (Å²) in [7, 11) is 1.38. The summed E-state index contributed by atoms with van der Waals surface area (Å²) in [6.45, 7) is 0.901. The zero-order valence-electron chi connectivity index (χ0n) is 14.0. The molecule has 2 heterocycles. The molecule has 1 aliphatic rings. The highest BCUT2D eigenvalue weighted by Gasteiger charge is 2.35. The number of piperidine rings is 1. The predicted molar refractivity (Wildman–Crippen MR) is 96.8 cm³/mol. The van der Waals surface area contributed by atoms with Crippen LogP contribution in [0.2, 0.25) is 0 Å². The summed E-state index contributed by atoms with van der Waals surface area (Å²) in [4.78, 5) is 29.7. The second kappa shape index (κ2) is 7.61. The van der Waals surface area contributed by atoms with Crippen LogP contribution in [0.1, 0.15) is 28.3 Å². The first-order chi connectivity index (χ1) is 12.1. The van der Waals surface area contributed by atoms with Crippen molar-refractivity contribution >= 4 is 24.1 Å². The summed E-state index contributed by atoms with van der Waals surface area (Å²) >= 11 is 5.23. The maximum Gasteiger partial charge on any atom is 0.310 e. The SMILES string of the molecule is COC(=O)[C@H]1C[C@@H](c2ccccc2)CN(C(=O)c2ccc[nH]c2=S)C1. The van der Waals surface area contributed by atoms with Crippen LogP contribution in [0.3, 0.4) is 0 Å². The van der Waals surface area contributed by atoms with Gasteiger partial charge in [-0.1, -0.05) is 42.5 Å². The van der Waals surface area contributed by atoms with E-state index in [9.17, 15) is 9.59 Å². The number of rotatable bonds is 3. The second-order valence-corrected chi connectivity index (χ2v) is 6.59. The number of nitrogens with one attached hydrogen (secondary N) is 1. The number of aromatic nitrogens is 1. The normalized spacial score (nSPS) is 20.1. The smallest absolute Gasteiger partial charge is 0.310 e. The number of methoxy groups -OCH3 is 1. The number of nitrogens with zero attached hydrogens (tertiary/aromatic N) is 1. The Labute approximate surface area is 151 Å². The third-order valence-electron chi connectivity index (χ3n) is 4.59. The molecule has 0 radical (unpaired) electrons. The number of pyridine rings is 1. The molecule has 2 atom stereocenters. The number of ether oxygens (including phenoxy) is 1. The van der Waals surface area contributed by atoms with Crippen LogP contribution in [0.15, 0.2) is 48.7 Å². The number of aromatic amines is 1. The highest BCUT2D eigenvalue weighted by Crippen LogP contribution is 2.31. The van der Waals surface area contributed by atoms with Gasteiger partial charge in [-0.25, -0.2) is 0 Å². The van der Waals surface area contributed by atoms with E-state index in [1.54, 1.807) is 23.2 Å². The van der Waals surface area contributed by atoms with Gasteiger partial charge in [-0.05, 0) is 24.1 Å². The average Bonchev–Trinajstić information content (AvgIpc) is 2.67. The number of carbonyl (C=O) groups excluding carboxylic acids is 2. The number of H-pyrrole nitrogens is 1. The predicted octanol–water partition coefficient (Wildman–Crippen LogP) is 3.16. The molecule has 1 saturated heterocycles. The lowest BCUT2D eigenvalue weighted by molar-refractivity contribution is -0.147. The van der Waals surface area contributed by atoms with Crippen LogP contribution in [0.5, 0.6) is 0 Å². The molecular formula is C19H20N2O3S. The first kappa shape index (κ1) is 17.4. The van der Waals surface area contributed by atoms with Crippen molar-refractivity contribution in [3.8, 4) is 0 Å². The third-order valence-corrected chi connectivity index (χ3v) is 4.93. The Kier molecular flexibility index (Phi) is 5.28. The molecular weight excluding hydrogens is 336 g/mol. The van der Waals surface area contributed by atoms with Gasteiger partial charge in [-0.3, -0.25) is 9.59 Å². The van der Waals surface area contributed by atoms with Crippen LogP contribution in [-0.4, -0.2) is 42.0 Å². The highest BCUT2D eigenvalue weighted by molar-refractivity contribution is 7.71. The van der Waals surface area contributed by atoms with E-state index in [2.05, 4.69) is 4.98 Å². The molecule has 0 bridgehead atoms. The molecule has 1 aromatic heterocycles. The standard InChI is InChI=1S/C19H20N2O3S/c1-24-19(23)15-10-14(13-6-3-2-4-7-13)11-21(12-15)18(22)16-8-5-9-20-17(16)25/h2-9,14-15H,10-12H2,1H3,(H,20,25)/t14-,15+/m1/s1. The van der Waals surface area contributed by atoms with Crippen molar-refractivity contribution in [3.63, 3.8) is 0 Å². The summed E-state index contributed by atoms with van der Waals surface area (Å²) in [5.74, 6) is -0.688. The van der Waals surface area contributed by atoms with E-state index < -0.39 is 0 Å². The van der Waals surface area contributed by atoms with Gasteiger partial charge in [0.15, 0.2) is 0 Å². The number of hydrogen-bond donors (Lipinski definition) is 1. The Morgan fingerprint density at radius 2 is 1.92 bits per heavy atom. The molecule has 130 valence electrons. The second-order valence-electron chi connectivity index (χ2n) is 6.19. The fourth-order valence-corrected chi connectivity index (χ4v) is 3.55. The Hall–Kier alpha value is -2.47. The maximum absolute atomic E-state index is 12.9. The molecule has 1 N–H and O–H groups in total. The molecule has 0 saturated carbocycles. The Balaban J connectivity index is 1.90. The first-order valence-electron chi connectivity index (χ1n) is 8.20. The van der Waals surface area contributed by atoms with Crippen molar-refractivity contribution in [1.29, 1.82) is 0 Å². The van der Waals surface area contributed by atoms with Crippen LogP contribution in [0, 0.1) is 10.6 Å². The van der Waals surface area contributed by atoms with Gasteiger partial charge in [0.25, 0.3) is 5.91 Å². The molecule has 25 heavy (non-hydrogen) atoms. The minimum Gasteiger partial charge on any atom is -0.469 e. The highest BCUT2D eigenvalue weighted by atomic mass is 32.1. The fourth-order valence-electron chi connectivity index (χ4n) is 3.33. The molecule has 6 heteroatoms. The Morgan fingerprint density at radius 3 is 2.60 bits per heavy atom. The molecule has 1 aromatic carbocycles. The summed E-state index contributed by atoms with van der Waals surface area (Å²) in [6, 6.07) is 13.4. The van der Waals surface area contributed by atoms with Crippen LogP contribution in [0.25, 0.3) is 0 Å². The minimum atomic E-state index is -0.339. The van der Waals surface area contributed by atoms with E-state index in [4.69, 9.17) is 17.0 Å². The van der Waals surface area contributed by atoms with Crippen LogP contribution in [0.4, 0.5) is 0 Å². The molecule has 1 aliphatic heterocycles. The molecule has 0 aliphatic carbocycles. The lowest BCUT2D eigenvalue weighted by Crippen LogP contribution is -2.45. The Bertz CT molecular complexity index is 819. The molecule has 0 spiro atoms. The summed E-state index contributed by atoms with van der Waals surface area (Å²) < 4.78 is 5.33. The van der Waals surface area contributed by atoms with Crippen molar-refractivity contribution in [2.75, 3.05) is 20.2 Å². The van der Waals surface area contributed by atoms with Gasteiger partial charge in [0, 0.05) is 25.2 Å². The van der Waals surface area contributed by atoms with Crippen molar-refractivity contribution in [1.82, 2.24) is 9.88 Å². The Morgan fingerprint density at radius 1 is 1.16 bits per heavy atom. The molecule has 0 unspecified atom stereocenters. The molecule has 3 rings (SSSR count). The third kappa shape index (κ3) is 3.79. The van der Waals surface area contributed by atoms with Crippen molar-refractivity contribution < 1.29 is 14.3 Å². The first-order valence-corrected chi connectivity index (χ1v) is 8.60. The van der Waals surface area contributed by atoms with Crippen molar-refractivity contribution in [2.24, 2.45) is 5.92 Å². The van der Waals surface area contributed by atoms with Crippen LogP contribution in [-0.2, 0) is 9.53 Å². The number of likely N-dealkylation sites (tertiary alicyclic amines) is 1. The van der Waals surface area contributed by atoms with E-state index in [0.717, 1.165) is 5.56 Å². The summed E-state index contributed by atoms with van der Waals surface area (Å²) in [6.07, 6.45) is 2.36. The largest absolute Gasteiger partial charge is 0.469 e. The topological polar surface area (TPSA) is 62.4 Å². The summed E-state index contributed by atoms with van der Waals surface area (Å²) in [5, 5.41) is 0.